The van der Waals surface area contributed by atoms with Gasteiger partial charge in [-0.3, -0.25) is 10.2 Å². The first-order valence-electron chi connectivity index (χ1n) is 10.5. The molecule has 170 valence electrons. The van der Waals surface area contributed by atoms with Crippen molar-refractivity contribution >= 4 is 51.4 Å². The minimum absolute atomic E-state index is 0.0216. The van der Waals surface area contributed by atoms with E-state index in [9.17, 15) is 4.79 Å². The predicted octanol–water partition coefficient (Wildman–Crippen LogP) is 5.42. The summed E-state index contributed by atoms with van der Waals surface area (Å²) in [6.07, 6.45) is 1.70. The van der Waals surface area contributed by atoms with E-state index in [4.69, 9.17) is 21.7 Å². The minimum Gasteiger partial charge on any atom is -0.495 e. The van der Waals surface area contributed by atoms with Gasteiger partial charge in [0.25, 0.3) is 5.91 Å². The zero-order valence-electron chi connectivity index (χ0n) is 18.7. The van der Waals surface area contributed by atoms with E-state index >= 15 is 0 Å². The summed E-state index contributed by atoms with van der Waals surface area (Å²) < 4.78 is 7.60. The number of amidine groups is 2. The van der Waals surface area contributed by atoms with Gasteiger partial charge in [0.1, 0.15) is 10.8 Å². The van der Waals surface area contributed by atoms with E-state index in [-0.39, 0.29) is 11.4 Å². The summed E-state index contributed by atoms with van der Waals surface area (Å²) in [4.78, 5) is 17.1. The van der Waals surface area contributed by atoms with Crippen LogP contribution in [0.25, 0.3) is 11.8 Å². The van der Waals surface area contributed by atoms with Crippen LogP contribution in [-0.4, -0.2) is 38.6 Å². The average Bonchev–Trinajstić information content (AvgIpc) is 3.37. The molecule has 0 fully saturated rings. The van der Waals surface area contributed by atoms with E-state index in [1.165, 1.54) is 16.8 Å². The molecular formula is C25H20ClN5O2S. The third-order valence-electron chi connectivity index (χ3n) is 5.65. The maximum Gasteiger partial charge on any atom is 0.283 e. The van der Waals surface area contributed by atoms with Crippen LogP contribution in [0.3, 0.4) is 0 Å². The van der Waals surface area contributed by atoms with E-state index < -0.39 is 5.91 Å². The van der Waals surface area contributed by atoms with Gasteiger partial charge in [-0.15, -0.1) is 0 Å². The number of aryl methyl sites for hydroxylation is 1. The second-order valence-corrected chi connectivity index (χ2v) is 9.10. The van der Waals surface area contributed by atoms with Gasteiger partial charge in [0.05, 0.1) is 23.4 Å². The number of aromatic nitrogens is 1. The molecule has 2 aliphatic heterocycles. The first-order valence-corrected chi connectivity index (χ1v) is 11.7. The molecule has 2 aliphatic rings. The molecule has 3 heterocycles. The first kappa shape index (κ1) is 22.2. The summed E-state index contributed by atoms with van der Waals surface area (Å²) in [5.41, 5.74) is 4.52. The number of rotatable bonds is 4. The zero-order chi connectivity index (χ0) is 24.0. The number of hydrazone groups is 1. The number of hydrogen-bond acceptors (Lipinski definition) is 5. The number of methoxy groups -OCH3 is 1. The average molecular weight is 490 g/mol. The highest BCUT2D eigenvalue weighted by molar-refractivity contribution is 8.27. The molecule has 0 spiro atoms. The topological polar surface area (TPSA) is 83.0 Å². The number of para-hydroxylation sites is 2. The monoisotopic (exact) mass is 489 g/mol. The standard InChI is InChI=1S/C25H20ClN5O2S/c1-14-12-16(15(2)30(14)20-10-6-7-11-21(20)33-3)13-18-22(27)31-25(28-23(18)32)34-24(29-31)17-8-4-5-9-19(17)26/h4-13,27H,1-3H3. The number of carbonyl (C=O) groups excluding carboxylic acids is 1. The van der Waals surface area contributed by atoms with Gasteiger partial charge in [0, 0.05) is 17.0 Å². The van der Waals surface area contributed by atoms with Gasteiger partial charge < -0.3 is 9.30 Å². The second-order valence-electron chi connectivity index (χ2n) is 7.74. The molecule has 0 unspecified atom stereocenters. The Balaban J connectivity index is 1.53. The molecule has 1 N–H and O–H groups in total. The van der Waals surface area contributed by atoms with Crippen molar-refractivity contribution in [2.45, 2.75) is 13.8 Å². The smallest absolute Gasteiger partial charge is 0.283 e. The van der Waals surface area contributed by atoms with Crippen LogP contribution < -0.4 is 4.74 Å². The van der Waals surface area contributed by atoms with Crippen LogP contribution in [0.15, 0.2) is 70.3 Å². The van der Waals surface area contributed by atoms with Crippen molar-refractivity contribution in [3.63, 3.8) is 0 Å². The molecule has 1 amide bonds. The van der Waals surface area contributed by atoms with Crippen molar-refractivity contribution in [2.24, 2.45) is 10.1 Å². The molecule has 5 rings (SSSR count). The highest BCUT2D eigenvalue weighted by Crippen LogP contribution is 2.34. The lowest BCUT2D eigenvalue weighted by Crippen LogP contribution is -2.35. The Morgan fingerprint density at radius 1 is 1.12 bits per heavy atom. The van der Waals surface area contributed by atoms with Crippen LogP contribution in [0, 0.1) is 19.3 Å². The third-order valence-corrected chi connectivity index (χ3v) is 6.93. The van der Waals surface area contributed by atoms with Crippen molar-refractivity contribution in [3.05, 3.63) is 87.7 Å². The van der Waals surface area contributed by atoms with Crippen LogP contribution in [0.5, 0.6) is 5.75 Å². The maximum absolute atomic E-state index is 12.9. The molecule has 7 nitrogen and oxygen atoms in total. The zero-order valence-corrected chi connectivity index (χ0v) is 20.2. The number of carbonyl (C=O) groups is 1. The lowest BCUT2D eigenvalue weighted by molar-refractivity contribution is -0.114. The van der Waals surface area contributed by atoms with Crippen molar-refractivity contribution < 1.29 is 9.53 Å². The van der Waals surface area contributed by atoms with Gasteiger partial charge >= 0.3 is 0 Å². The quantitative estimate of drug-likeness (QED) is 0.496. The van der Waals surface area contributed by atoms with Gasteiger partial charge in [-0.1, -0.05) is 41.9 Å². The van der Waals surface area contributed by atoms with E-state index in [0.717, 1.165) is 34.0 Å². The molecule has 34 heavy (non-hydrogen) atoms. The van der Waals surface area contributed by atoms with E-state index in [2.05, 4.69) is 14.7 Å². The first-order chi connectivity index (χ1) is 16.4. The molecule has 2 aromatic carbocycles. The Morgan fingerprint density at radius 2 is 1.85 bits per heavy atom. The van der Waals surface area contributed by atoms with Crippen molar-refractivity contribution in [1.29, 1.82) is 5.41 Å². The number of halogens is 1. The highest BCUT2D eigenvalue weighted by atomic mass is 35.5. The second kappa shape index (κ2) is 8.62. The fourth-order valence-electron chi connectivity index (χ4n) is 4.01. The van der Waals surface area contributed by atoms with Crippen LogP contribution in [0.2, 0.25) is 5.02 Å². The Morgan fingerprint density at radius 3 is 2.62 bits per heavy atom. The van der Waals surface area contributed by atoms with Gasteiger partial charge in [-0.05, 0) is 61.5 Å². The Kier molecular flexibility index (Phi) is 5.63. The van der Waals surface area contributed by atoms with Crippen LogP contribution in [-0.2, 0) is 4.79 Å². The van der Waals surface area contributed by atoms with Crippen LogP contribution >= 0.6 is 23.4 Å². The van der Waals surface area contributed by atoms with Gasteiger partial charge in [-0.2, -0.15) is 15.1 Å². The largest absolute Gasteiger partial charge is 0.495 e. The number of nitrogens with one attached hydrogen (secondary N) is 1. The molecule has 0 radical (unpaired) electrons. The van der Waals surface area contributed by atoms with Crippen LogP contribution in [0.1, 0.15) is 22.5 Å². The molecule has 0 bridgehead atoms. The summed E-state index contributed by atoms with van der Waals surface area (Å²) in [7, 11) is 1.64. The lowest BCUT2D eigenvalue weighted by Gasteiger charge is -2.20. The molecule has 0 saturated heterocycles. The fourth-order valence-corrected chi connectivity index (χ4v) is 5.22. The van der Waals surface area contributed by atoms with E-state index in [1.54, 1.807) is 19.3 Å². The molecule has 1 aromatic heterocycles. The minimum atomic E-state index is -0.471. The van der Waals surface area contributed by atoms with Crippen molar-refractivity contribution in [1.82, 2.24) is 9.58 Å². The number of ether oxygens (including phenoxy) is 1. The Labute approximate surface area is 205 Å². The summed E-state index contributed by atoms with van der Waals surface area (Å²) in [6.45, 7) is 3.96. The molecule has 0 saturated carbocycles. The number of nitrogens with zero attached hydrogens (tertiary/aromatic N) is 4. The molecule has 0 aliphatic carbocycles. The normalized spacial score (nSPS) is 16.6. The summed E-state index contributed by atoms with van der Waals surface area (Å²) >= 11 is 7.54. The summed E-state index contributed by atoms with van der Waals surface area (Å²) in [5.74, 6) is 0.253. The number of fused-ring (bicyclic) bond motifs is 1. The predicted molar refractivity (Wildman–Crippen MR) is 137 cm³/mol. The molecule has 9 heteroatoms. The SMILES string of the molecule is COc1ccccc1-n1c(C)cc(C=C2C(=N)N3N=C(c4ccccc4Cl)SC3=NC2=O)c1C. The fraction of sp³-hybridized carbons (Fsp3) is 0.120. The Hall–Kier alpha value is -3.62. The molecule has 3 aromatic rings. The summed E-state index contributed by atoms with van der Waals surface area (Å²) in [6, 6.07) is 17.1. The number of hydrogen-bond donors (Lipinski definition) is 1. The lowest BCUT2D eigenvalue weighted by atomic mass is 10.1. The number of benzene rings is 2. The number of aliphatic imine (C=N–C) groups is 1. The van der Waals surface area contributed by atoms with Crippen molar-refractivity contribution in [3.8, 4) is 11.4 Å². The summed E-state index contributed by atoms with van der Waals surface area (Å²) in [5, 5.41) is 16.1. The third kappa shape index (κ3) is 3.65. The van der Waals surface area contributed by atoms with Crippen LogP contribution in [0.4, 0.5) is 0 Å². The highest BCUT2D eigenvalue weighted by Gasteiger charge is 2.36. The number of thioether (sulfide) groups is 1. The maximum atomic E-state index is 12.9. The van der Waals surface area contributed by atoms with Crippen molar-refractivity contribution in [2.75, 3.05) is 7.11 Å². The number of amides is 1. The van der Waals surface area contributed by atoms with E-state index in [1.807, 2.05) is 62.4 Å². The Bertz CT molecular complexity index is 1450. The molecular weight excluding hydrogens is 470 g/mol. The van der Waals surface area contributed by atoms with Gasteiger partial charge in [0.2, 0.25) is 5.17 Å². The molecule has 0 atom stereocenters. The van der Waals surface area contributed by atoms with E-state index in [0.29, 0.717) is 15.2 Å². The van der Waals surface area contributed by atoms with Gasteiger partial charge in [0.15, 0.2) is 5.84 Å². The van der Waals surface area contributed by atoms with Gasteiger partial charge in [-0.25, -0.2) is 0 Å².